The molecule has 0 amide bonds. The molecule has 0 aromatic carbocycles. The number of carbonyl (C=O) groups is 1. The van der Waals surface area contributed by atoms with Crippen LogP contribution in [-0.4, -0.2) is 37.9 Å². The maximum Gasteiger partial charge on any atom is 0.306 e. The number of likely N-dealkylation sites (tertiary alicyclic amines) is 1. The van der Waals surface area contributed by atoms with Crippen molar-refractivity contribution in [3.05, 3.63) is 35.8 Å². The largest absolute Gasteiger partial charge is 0.481 e. The van der Waals surface area contributed by atoms with Crippen molar-refractivity contribution in [1.29, 1.82) is 0 Å². The van der Waals surface area contributed by atoms with E-state index in [4.69, 9.17) is 10.1 Å². The van der Waals surface area contributed by atoms with Gasteiger partial charge in [-0.2, -0.15) is 0 Å². The van der Waals surface area contributed by atoms with Crippen LogP contribution >= 0.6 is 0 Å². The lowest BCUT2D eigenvalue weighted by molar-refractivity contribution is -0.144. The molecule has 112 valence electrons. The molecule has 5 nitrogen and oxygen atoms in total. The van der Waals surface area contributed by atoms with Crippen molar-refractivity contribution in [2.45, 2.75) is 39.3 Å². The van der Waals surface area contributed by atoms with Crippen LogP contribution in [0.15, 0.2) is 24.5 Å². The fourth-order valence-corrected chi connectivity index (χ4v) is 3.17. The van der Waals surface area contributed by atoms with Gasteiger partial charge in [-0.15, -0.1) is 0 Å². The molecular weight excluding hydrogens is 266 g/mol. The minimum Gasteiger partial charge on any atom is -0.481 e. The molecule has 0 bridgehead atoms. The van der Waals surface area contributed by atoms with Gasteiger partial charge in [-0.3, -0.25) is 9.69 Å². The van der Waals surface area contributed by atoms with Crippen molar-refractivity contribution in [1.82, 2.24) is 14.3 Å². The highest BCUT2D eigenvalue weighted by molar-refractivity contribution is 5.70. The van der Waals surface area contributed by atoms with E-state index < -0.39 is 5.97 Å². The molecule has 0 radical (unpaired) electrons. The van der Waals surface area contributed by atoms with Gasteiger partial charge in [0.25, 0.3) is 0 Å². The summed E-state index contributed by atoms with van der Waals surface area (Å²) in [4.78, 5) is 18.1. The zero-order chi connectivity index (χ0) is 15.0. The fourth-order valence-electron chi connectivity index (χ4n) is 3.17. The van der Waals surface area contributed by atoms with Crippen LogP contribution in [0.25, 0.3) is 5.65 Å². The highest BCUT2D eigenvalue weighted by atomic mass is 16.4. The summed E-state index contributed by atoms with van der Waals surface area (Å²) >= 11 is 0. The van der Waals surface area contributed by atoms with Gasteiger partial charge in [-0.05, 0) is 44.9 Å². The zero-order valence-electron chi connectivity index (χ0n) is 12.5. The van der Waals surface area contributed by atoms with Crippen LogP contribution in [0.4, 0.5) is 0 Å². The van der Waals surface area contributed by atoms with Crippen LogP contribution in [0.2, 0.25) is 0 Å². The van der Waals surface area contributed by atoms with E-state index in [-0.39, 0.29) is 12.0 Å². The quantitative estimate of drug-likeness (QED) is 0.941. The van der Waals surface area contributed by atoms with Gasteiger partial charge in [0, 0.05) is 25.0 Å². The van der Waals surface area contributed by atoms with Crippen LogP contribution in [0, 0.1) is 12.8 Å². The van der Waals surface area contributed by atoms with Crippen LogP contribution in [-0.2, 0) is 11.3 Å². The third-order valence-corrected chi connectivity index (χ3v) is 4.46. The van der Waals surface area contributed by atoms with Gasteiger partial charge in [-0.25, -0.2) is 4.98 Å². The predicted octanol–water partition coefficient (Wildman–Crippen LogP) is 2.33. The first-order valence-corrected chi connectivity index (χ1v) is 7.44. The number of carboxylic acid groups (broad SMARTS) is 1. The molecule has 1 fully saturated rings. The van der Waals surface area contributed by atoms with E-state index in [1.54, 1.807) is 0 Å². The third-order valence-electron chi connectivity index (χ3n) is 4.46. The smallest absolute Gasteiger partial charge is 0.306 e. The Bertz CT molecular complexity index is 665. The molecule has 0 saturated carbocycles. The Morgan fingerprint density at radius 1 is 1.52 bits per heavy atom. The molecule has 1 N–H and O–H groups in total. The molecule has 2 unspecified atom stereocenters. The van der Waals surface area contributed by atoms with Gasteiger partial charge in [-0.1, -0.05) is 6.07 Å². The molecule has 5 heteroatoms. The molecule has 1 aliphatic rings. The van der Waals surface area contributed by atoms with Gasteiger partial charge in [0.15, 0.2) is 0 Å². The second kappa shape index (κ2) is 5.48. The zero-order valence-corrected chi connectivity index (χ0v) is 12.5. The first-order chi connectivity index (χ1) is 10.0. The number of carboxylic acids is 1. The Balaban J connectivity index is 1.74. The standard InChI is InChI=1S/C16H21N3O2/c1-11-4-3-6-19-10-14(17-15(11)19)9-18-7-5-13(16(20)21)8-12(18)2/h3-4,6,10,12-13H,5,7-9H2,1-2H3,(H,20,21). The SMILES string of the molecule is Cc1cccn2cc(CN3CCC(C(=O)O)CC3C)nc12. The summed E-state index contributed by atoms with van der Waals surface area (Å²) in [5.74, 6) is -0.857. The molecule has 3 rings (SSSR count). The molecule has 2 atom stereocenters. The summed E-state index contributed by atoms with van der Waals surface area (Å²) in [5, 5.41) is 9.12. The van der Waals surface area contributed by atoms with Gasteiger partial charge < -0.3 is 9.51 Å². The summed E-state index contributed by atoms with van der Waals surface area (Å²) in [6.07, 6.45) is 5.53. The molecule has 1 saturated heterocycles. The van der Waals surface area contributed by atoms with E-state index >= 15 is 0 Å². The average Bonchev–Trinajstić information content (AvgIpc) is 2.85. The molecule has 3 heterocycles. The van der Waals surface area contributed by atoms with Crippen LogP contribution < -0.4 is 0 Å². The van der Waals surface area contributed by atoms with E-state index in [2.05, 4.69) is 35.4 Å². The number of piperidine rings is 1. The molecular formula is C16H21N3O2. The normalized spacial score (nSPS) is 23.5. The Kier molecular flexibility index (Phi) is 3.68. The summed E-state index contributed by atoms with van der Waals surface area (Å²) in [6, 6.07) is 4.37. The lowest BCUT2D eigenvalue weighted by Gasteiger charge is -2.35. The number of nitrogens with zero attached hydrogens (tertiary/aromatic N) is 3. The molecule has 0 aliphatic carbocycles. The minimum atomic E-state index is -0.662. The maximum absolute atomic E-state index is 11.1. The minimum absolute atomic E-state index is 0.195. The van der Waals surface area contributed by atoms with Crippen LogP contribution in [0.5, 0.6) is 0 Å². The number of hydrogen-bond acceptors (Lipinski definition) is 3. The number of aromatic nitrogens is 2. The van der Waals surface area contributed by atoms with Gasteiger partial charge in [0.1, 0.15) is 5.65 Å². The van der Waals surface area contributed by atoms with E-state index in [1.807, 2.05) is 12.3 Å². The molecule has 0 spiro atoms. The Hall–Kier alpha value is -1.88. The van der Waals surface area contributed by atoms with E-state index in [9.17, 15) is 4.79 Å². The topological polar surface area (TPSA) is 57.8 Å². The van der Waals surface area contributed by atoms with Crippen molar-refractivity contribution >= 4 is 11.6 Å². The van der Waals surface area contributed by atoms with E-state index in [0.717, 1.165) is 37.3 Å². The molecule has 1 aliphatic heterocycles. The first-order valence-electron chi connectivity index (χ1n) is 7.44. The second-order valence-electron chi connectivity index (χ2n) is 6.03. The van der Waals surface area contributed by atoms with Gasteiger partial charge in [0.05, 0.1) is 11.6 Å². The van der Waals surface area contributed by atoms with Crippen molar-refractivity contribution in [3.63, 3.8) is 0 Å². The number of fused-ring (bicyclic) bond motifs is 1. The predicted molar refractivity (Wildman–Crippen MR) is 80.2 cm³/mol. The third kappa shape index (κ3) is 2.78. The Morgan fingerprint density at radius 2 is 2.33 bits per heavy atom. The summed E-state index contributed by atoms with van der Waals surface area (Å²) < 4.78 is 2.05. The number of imidazole rings is 1. The van der Waals surface area contributed by atoms with E-state index in [0.29, 0.717) is 0 Å². The summed E-state index contributed by atoms with van der Waals surface area (Å²) in [6.45, 7) is 5.78. The number of hydrogen-bond donors (Lipinski definition) is 1. The van der Waals surface area contributed by atoms with Crippen molar-refractivity contribution in [2.75, 3.05) is 6.54 Å². The van der Waals surface area contributed by atoms with Crippen molar-refractivity contribution < 1.29 is 9.90 Å². The van der Waals surface area contributed by atoms with Crippen LogP contribution in [0.1, 0.15) is 31.0 Å². The number of rotatable bonds is 3. The monoisotopic (exact) mass is 287 g/mol. The highest BCUT2D eigenvalue weighted by Gasteiger charge is 2.29. The Morgan fingerprint density at radius 3 is 3.00 bits per heavy atom. The van der Waals surface area contributed by atoms with Crippen molar-refractivity contribution in [3.8, 4) is 0 Å². The lowest BCUT2D eigenvalue weighted by Crippen LogP contribution is -2.42. The maximum atomic E-state index is 11.1. The van der Waals surface area contributed by atoms with Gasteiger partial charge in [0.2, 0.25) is 0 Å². The number of aryl methyl sites for hydroxylation is 1. The number of aliphatic carboxylic acids is 1. The molecule has 21 heavy (non-hydrogen) atoms. The first kappa shape index (κ1) is 14.1. The molecule has 2 aromatic rings. The van der Waals surface area contributed by atoms with Crippen molar-refractivity contribution in [2.24, 2.45) is 5.92 Å². The highest BCUT2D eigenvalue weighted by Crippen LogP contribution is 2.24. The summed E-state index contributed by atoms with van der Waals surface area (Å²) in [7, 11) is 0. The summed E-state index contributed by atoms with van der Waals surface area (Å²) in [5.41, 5.74) is 3.21. The number of pyridine rings is 1. The Labute approximate surface area is 124 Å². The van der Waals surface area contributed by atoms with E-state index in [1.165, 1.54) is 5.56 Å². The second-order valence-corrected chi connectivity index (χ2v) is 6.03. The molecule has 2 aromatic heterocycles. The average molecular weight is 287 g/mol. The van der Waals surface area contributed by atoms with Gasteiger partial charge >= 0.3 is 5.97 Å². The van der Waals surface area contributed by atoms with Crippen LogP contribution in [0.3, 0.4) is 0 Å². The fraction of sp³-hybridized carbons (Fsp3) is 0.500. The lowest BCUT2D eigenvalue weighted by atomic mass is 9.92.